The first kappa shape index (κ1) is 17.0. The molecule has 142 valence electrons. The van der Waals surface area contributed by atoms with Gasteiger partial charge in [-0.05, 0) is 62.2 Å². The van der Waals surface area contributed by atoms with Crippen LogP contribution < -0.4 is 0 Å². The van der Waals surface area contributed by atoms with Crippen molar-refractivity contribution in [2.75, 3.05) is 0 Å². The Balaban J connectivity index is 1.44. The summed E-state index contributed by atoms with van der Waals surface area (Å²) in [6, 6.07) is 0. The van der Waals surface area contributed by atoms with E-state index in [0.717, 1.165) is 29.6 Å². The fraction of sp³-hybridized carbons (Fsp3) is 1.00. The van der Waals surface area contributed by atoms with Crippen molar-refractivity contribution in [3.8, 4) is 0 Å². The van der Waals surface area contributed by atoms with Gasteiger partial charge in [0.05, 0.1) is 23.4 Å². The van der Waals surface area contributed by atoms with Gasteiger partial charge in [0.25, 0.3) is 0 Å². The van der Waals surface area contributed by atoms with Crippen LogP contribution in [0.5, 0.6) is 0 Å². The molecule has 0 amide bonds. The van der Waals surface area contributed by atoms with E-state index in [0.29, 0.717) is 12.2 Å². The molecule has 0 aromatic rings. The van der Waals surface area contributed by atoms with Gasteiger partial charge < -0.3 is 9.47 Å². The summed E-state index contributed by atoms with van der Waals surface area (Å²) in [6.45, 7) is 7.41. The van der Waals surface area contributed by atoms with E-state index in [1.54, 1.807) is 0 Å². The van der Waals surface area contributed by atoms with Crippen molar-refractivity contribution in [3.63, 3.8) is 0 Å². The first-order valence-electron chi connectivity index (χ1n) is 11.4. The van der Waals surface area contributed by atoms with Crippen LogP contribution in [0.2, 0.25) is 0 Å². The molecule has 0 aromatic heterocycles. The Morgan fingerprint density at radius 1 is 0.840 bits per heavy atom. The third-order valence-electron chi connectivity index (χ3n) is 9.04. The summed E-state index contributed by atoms with van der Waals surface area (Å²) >= 11 is 0. The Labute approximate surface area is 154 Å². The second-order valence-electron chi connectivity index (χ2n) is 10.6. The Morgan fingerprint density at radius 2 is 1.60 bits per heavy atom. The van der Waals surface area contributed by atoms with E-state index in [1.165, 1.54) is 70.6 Å². The first-order chi connectivity index (χ1) is 12.1. The maximum atomic E-state index is 6.65. The lowest BCUT2D eigenvalue weighted by Crippen LogP contribution is -2.46. The smallest absolute Gasteiger partial charge is 0.0985 e. The van der Waals surface area contributed by atoms with Gasteiger partial charge in [0.2, 0.25) is 0 Å². The molecular formula is C23H38O2. The molecule has 2 aliphatic heterocycles. The summed E-state index contributed by atoms with van der Waals surface area (Å²) < 4.78 is 13.0. The summed E-state index contributed by atoms with van der Waals surface area (Å²) in [6.07, 6.45) is 16.5. The predicted octanol–water partition coefficient (Wildman–Crippen LogP) is 5.73. The number of ether oxygens (including phenoxy) is 2. The van der Waals surface area contributed by atoms with Gasteiger partial charge in [-0.15, -0.1) is 0 Å². The van der Waals surface area contributed by atoms with Crippen LogP contribution in [-0.4, -0.2) is 23.4 Å². The third kappa shape index (κ3) is 2.64. The quantitative estimate of drug-likeness (QED) is 0.607. The Hall–Kier alpha value is -0.0800. The third-order valence-corrected chi connectivity index (χ3v) is 9.04. The molecule has 0 spiro atoms. The van der Waals surface area contributed by atoms with Crippen molar-refractivity contribution in [1.82, 2.24) is 0 Å². The topological polar surface area (TPSA) is 25.1 Å². The fourth-order valence-corrected chi connectivity index (χ4v) is 7.64. The van der Waals surface area contributed by atoms with Gasteiger partial charge in [-0.1, -0.05) is 58.8 Å². The Morgan fingerprint density at radius 3 is 2.40 bits per heavy atom. The number of hydrogen-bond acceptors (Lipinski definition) is 2. The van der Waals surface area contributed by atoms with E-state index < -0.39 is 0 Å². The second kappa shape index (κ2) is 5.96. The van der Waals surface area contributed by atoms with Crippen molar-refractivity contribution in [2.45, 2.75) is 115 Å². The highest BCUT2D eigenvalue weighted by atomic mass is 16.6. The molecule has 8 unspecified atom stereocenters. The van der Waals surface area contributed by atoms with Crippen LogP contribution in [0.4, 0.5) is 0 Å². The van der Waals surface area contributed by atoms with E-state index in [1.807, 2.05) is 0 Å². The molecule has 2 saturated heterocycles. The van der Waals surface area contributed by atoms with Crippen molar-refractivity contribution >= 4 is 0 Å². The second-order valence-corrected chi connectivity index (χ2v) is 10.6. The van der Waals surface area contributed by atoms with Gasteiger partial charge >= 0.3 is 0 Å². The molecule has 2 heteroatoms. The molecule has 2 nitrogen and oxygen atoms in total. The van der Waals surface area contributed by atoms with Gasteiger partial charge in [0, 0.05) is 0 Å². The van der Waals surface area contributed by atoms with Crippen LogP contribution in [0, 0.1) is 29.6 Å². The van der Waals surface area contributed by atoms with Gasteiger partial charge in [0.1, 0.15) is 0 Å². The summed E-state index contributed by atoms with van der Waals surface area (Å²) in [4.78, 5) is 0. The molecule has 3 aliphatic carbocycles. The normalized spacial score (nSPS) is 52.0. The summed E-state index contributed by atoms with van der Waals surface area (Å²) in [5.74, 6) is 4.01. The average molecular weight is 347 g/mol. The fourth-order valence-electron chi connectivity index (χ4n) is 7.64. The van der Waals surface area contributed by atoms with Gasteiger partial charge in [-0.3, -0.25) is 0 Å². The summed E-state index contributed by atoms with van der Waals surface area (Å²) in [5.41, 5.74) is 0.443. The molecule has 5 aliphatic rings. The highest BCUT2D eigenvalue weighted by Gasteiger charge is 2.70. The highest BCUT2D eigenvalue weighted by molar-refractivity contribution is 5.18. The minimum atomic E-state index is 0.217. The van der Waals surface area contributed by atoms with Crippen LogP contribution in [0.15, 0.2) is 0 Å². The summed E-state index contributed by atoms with van der Waals surface area (Å²) in [5, 5.41) is 0. The largest absolute Gasteiger partial charge is 0.366 e. The van der Waals surface area contributed by atoms with Crippen molar-refractivity contribution in [2.24, 2.45) is 29.6 Å². The standard InChI is InChI=1S/C23H38O2/c1-15-9-7-14-23(20(15)25-23)19(16(2)17-10-5-4-6-11-17)18-12-8-13-22(3)21(18)24-22/h15-21H,4-14H2,1-3H3. The molecule has 5 rings (SSSR count). The molecule has 25 heavy (non-hydrogen) atoms. The number of hydrogen-bond donors (Lipinski definition) is 0. The predicted molar refractivity (Wildman–Crippen MR) is 100 cm³/mol. The lowest BCUT2D eigenvalue weighted by atomic mass is 9.59. The molecule has 0 radical (unpaired) electrons. The van der Waals surface area contributed by atoms with Crippen LogP contribution in [0.3, 0.4) is 0 Å². The van der Waals surface area contributed by atoms with Crippen molar-refractivity contribution < 1.29 is 9.47 Å². The minimum Gasteiger partial charge on any atom is -0.366 e. The maximum absolute atomic E-state index is 6.65. The maximum Gasteiger partial charge on any atom is 0.0985 e. The van der Waals surface area contributed by atoms with E-state index in [-0.39, 0.29) is 11.2 Å². The molecule has 5 fully saturated rings. The molecular weight excluding hydrogens is 308 g/mol. The zero-order chi connectivity index (χ0) is 17.2. The molecule has 2 heterocycles. The monoisotopic (exact) mass is 346 g/mol. The van der Waals surface area contributed by atoms with Crippen LogP contribution in [0.25, 0.3) is 0 Å². The summed E-state index contributed by atoms with van der Waals surface area (Å²) in [7, 11) is 0. The average Bonchev–Trinajstić information content (AvgIpc) is 3.50. The highest BCUT2D eigenvalue weighted by Crippen LogP contribution is 2.64. The van der Waals surface area contributed by atoms with Crippen molar-refractivity contribution in [3.05, 3.63) is 0 Å². The molecule has 0 aromatic carbocycles. The molecule has 0 bridgehead atoms. The van der Waals surface area contributed by atoms with Gasteiger partial charge in [0.15, 0.2) is 0 Å². The number of fused-ring (bicyclic) bond motifs is 2. The first-order valence-corrected chi connectivity index (χ1v) is 11.4. The Kier molecular flexibility index (Phi) is 4.06. The molecule has 8 atom stereocenters. The van der Waals surface area contributed by atoms with Crippen LogP contribution in [0.1, 0.15) is 91.4 Å². The van der Waals surface area contributed by atoms with E-state index in [9.17, 15) is 0 Å². The number of rotatable bonds is 4. The van der Waals surface area contributed by atoms with Gasteiger partial charge in [-0.2, -0.15) is 0 Å². The van der Waals surface area contributed by atoms with Crippen molar-refractivity contribution in [1.29, 1.82) is 0 Å². The van der Waals surface area contributed by atoms with Gasteiger partial charge in [-0.25, -0.2) is 0 Å². The van der Waals surface area contributed by atoms with E-state index in [4.69, 9.17) is 9.47 Å². The van der Waals surface area contributed by atoms with Crippen LogP contribution >= 0.6 is 0 Å². The van der Waals surface area contributed by atoms with Crippen LogP contribution in [-0.2, 0) is 9.47 Å². The minimum absolute atomic E-state index is 0.217. The SMILES string of the molecule is CC1CCCC2(C(C(C)C3CCCCC3)C3CCCC4(C)OC34)OC12. The lowest BCUT2D eigenvalue weighted by molar-refractivity contribution is 0.0369. The zero-order valence-electron chi connectivity index (χ0n) is 16.6. The number of epoxide rings is 2. The van der Waals surface area contributed by atoms with E-state index in [2.05, 4.69) is 20.8 Å². The Bertz CT molecular complexity index is 512. The molecule has 0 N–H and O–H groups in total. The van der Waals surface area contributed by atoms with E-state index >= 15 is 0 Å². The lowest BCUT2D eigenvalue weighted by Gasteiger charge is -2.43. The molecule has 3 saturated carbocycles. The zero-order valence-corrected chi connectivity index (χ0v) is 16.6.